The molecule has 0 unspecified atom stereocenters. The van der Waals surface area contributed by atoms with E-state index in [-0.39, 0.29) is 29.7 Å². The highest BCUT2D eigenvalue weighted by atomic mass is 32.2. The van der Waals surface area contributed by atoms with Crippen LogP contribution in [-0.4, -0.2) is 57.3 Å². The fourth-order valence-electron chi connectivity index (χ4n) is 3.20. The molecule has 32 heavy (non-hydrogen) atoms. The summed E-state index contributed by atoms with van der Waals surface area (Å²) in [4.78, 5) is 35.3. The third kappa shape index (κ3) is 5.95. The van der Waals surface area contributed by atoms with Gasteiger partial charge in [0.05, 0.1) is 13.5 Å². The van der Waals surface area contributed by atoms with Crippen molar-refractivity contribution < 1.29 is 32.0 Å². The van der Waals surface area contributed by atoms with Crippen LogP contribution in [-0.2, 0) is 30.8 Å². The van der Waals surface area contributed by atoms with E-state index in [1.807, 2.05) is 0 Å². The van der Waals surface area contributed by atoms with Gasteiger partial charge in [-0.2, -0.15) is 4.31 Å². The lowest BCUT2D eigenvalue weighted by molar-refractivity contribution is -0.141. The molecule has 3 rings (SSSR count). The maximum Gasteiger partial charge on any atom is 0.325 e. The van der Waals surface area contributed by atoms with Crippen LogP contribution in [0.15, 0.2) is 45.9 Å². The van der Waals surface area contributed by atoms with Crippen LogP contribution in [0.2, 0.25) is 0 Å². The molecule has 1 aromatic heterocycles. The molecule has 2 N–H and O–H groups in total. The minimum absolute atomic E-state index is 0.0567. The van der Waals surface area contributed by atoms with Gasteiger partial charge in [0.25, 0.3) is 15.9 Å². The fourth-order valence-corrected chi connectivity index (χ4v) is 4.63. The Morgan fingerprint density at radius 3 is 2.38 bits per heavy atom. The maximum atomic E-state index is 12.7. The molecule has 0 spiro atoms. The summed E-state index contributed by atoms with van der Waals surface area (Å²) < 4.78 is 36.5. The molecule has 10 nitrogen and oxygen atoms in total. The molecular formula is C21H25N3O7S. The molecule has 1 aliphatic rings. The van der Waals surface area contributed by atoms with Crippen molar-refractivity contribution in [1.82, 2.24) is 9.62 Å². The van der Waals surface area contributed by atoms with E-state index in [0.29, 0.717) is 24.3 Å². The molecule has 1 fully saturated rings. The normalized spacial score (nSPS) is 14.5. The van der Waals surface area contributed by atoms with Crippen LogP contribution in [0, 0.1) is 0 Å². The first kappa shape index (κ1) is 23.5. The number of sulfonamides is 1. The Kier molecular flexibility index (Phi) is 7.65. The second-order valence-corrected chi connectivity index (χ2v) is 9.13. The number of carbonyl (C=O) groups excluding carboxylic acids is 3. The number of nitrogens with one attached hydrogen (secondary N) is 2. The fraction of sp³-hybridized carbons (Fsp3) is 0.381. The summed E-state index contributed by atoms with van der Waals surface area (Å²) in [6.45, 7) is 0.678. The monoisotopic (exact) mass is 463 g/mol. The lowest BCUT2D eigenvalue weighted by Crippen LogP contribution is -2.35. The van der Waals surface area contributed by atoms with Crippen molar-refractivity contribution in [2.75, 3.05) is 32.1 Å². The highest BCUT2D eigenvalue weighted by molar-refractivity contribution is 7.89. The summed E-state index contributed by atoms with van der Waals surface area (Å²) >= 11 is 0. The topological polar surface area (TPSA) is 135 Å². The highest BCUT2D eigenvalue weighted by Crippen LogP contribution is 2.23. The Morgan fingerprint density at radius 1 is 1.03 bits per heavy atom. The minimum atomic E-state index is -3.76. The zero-order valence-corrected chi connectivity index (χ0v) is 18.4. The van der Waals surface area contributed by atoms with Gasteiger partial charge in [-0.25, -0.2) is 8.42 Å². The average Bonchev–Trinajstić information content (AvgIpc) is 3.31. The van der Waals surface area contributed by atoms with E-state index in [4.69, 9.17) is 4.42 Å². The number of nitrogens with zero attached hydrogens (tertiary/aromatic N) is 1. The quantitative estimate of drug-likeness (QED) is 0.567. The number of furan rings is 1. The van der Waals surface area contributed by atoms with E-state index in [1.165, 1.54) is 23.5 Å². The molecule has 0 bridgehead atoms. The summed E-state index contributed by atoms with van der Waals surface area (Å²) in [5, 5.41) is 4.82. The van der Waals surface area contributed by atoms with Crippen LogP contribution in [0.3, 0.4) is 0 Å². The van der Waals surface area contributed by atoms with Crippen molar-refractivity contribution in [3.8, 4) is 0 Å². The number of amides is 2. The number of anilines is 1. The number of ether oxygens (including phenoxy) is 1. The number of hydrogen-bond acceptors (Lipinski definition) is 7. The Bertz CT molecular complexity index is 1070. The molecule has 1 aliphatic heterocycles. The smallest absolute Gasteiger partial charge is 0.325 e. The molecule has 2 aromatic rings. The molecular weight excluding hydrogens is 438 g/mol. The predicted octanol–water partition coefficient (Wildman–Crippen LogP) is 1.54. The van der Waals surface area contributed by atoms with Crippen molar-refractivity contribution in [3.05, 3.63) is 47.7 Å². The van der Waals surface area contributed by atoms with Gasteiger partial charge in [-0.3, -0.25) is 14.4 Å². The van der Waals surface area contributed by atoms with E-state index < -0.39 is 21.9 Å². The van der Waals surface area contributed by atoms with Gasteiger partial charge in [0.1, 0.15) is 6.54 Å². The Labute approximate surface area is 186 Å². The third-order valence-corrected chi connectivity index (χ3v) is 6.72. The Balaban J connectivity index is 1.57. The molecule has 172 valence electrons. The van der Waals surface area contributed by atoms with Gasteiger partial charge >= 0.3 is 5.97 Å². The first-order valence-corrected chi connectivity index (χ1v) is 11.6. The van der Waals surface area contributed by atoms with Crippen LogP contribution in [0.4, 0.5) is 5.69 Å². The van der Waals surface area contributed by atoms with E-state index in [9.17, 15) is 22.8 Å². The molecule has 2 amide bonds. The molecule has 1 aromatic carbocycles. The van der Waals surface area contributed by atoms with Gasteiger partial charge in [0.15, 0.2) is 5.76 Å². The van der Waals surface area contributed by atoms with Crippen LogP contribution in [0.5, 0.6) is 0 Å². The first-order valence-electron chi connectivity index (χ1n) is 10.1. The second-order valence-electron chi connectivity index (χ2n) is 7.26. The van der Waals surface area contributed by atoms with Gasteiger partial charge in [0, 0.05) is 18.8 Å². The minimum Gasteiger partial charge on any atom is -0.468 e. The van der Waals surface area contributed by atoms with Gasteiger partial charge in [-0.05, 0) is 42.7 Å². The summed E-state index contributed by atoms with van der Waals surface area (Å²) in [6, 6.07) is 9.13. The van der Waals surface area contributed by atoms with Crippen LogP contribution in [0.1, 0.15) is 35.4 Å². The predicted molar refractivity (Wildman–Crippen MR) is 114 cm³/mol. The standard InChI is InChI=1S/C21H25N3O7S/c1-30-19(26)14-22-18(25)13-15-5-7-16(8-6-15)23-21(27)17-9-10-20(31-17)32(28,29)24-11-3-2-4-12-24/h5-10H,2-4,11-14H2,1H3,(H,22,25)(H,23,27). The number of carbonyl (C=O) groups is 3. The lowest BCUT2D eigenvalue weighted by Gasteiger charge is -2.24. The number of rotatable bonds is 8. The summed E-state index contributed by atoms with van der Waals surface area (Å²) in [7, 11) is -2.52. The molecule has 11 heteroatoms. The number of esters is 1. The van der Waals surface area contributed by atoms with Crippen molar-refractivity contribution >= 4 is 33.5 Å². The van der Waals surface area contributed by atoms with Gasteiger partial charge < -0.3 is 19.8 Å². The Morgan fingerprint density at radius 2 is 1.72 bits per heavy atom. The SMILES string of the molecule is COC(=O)CNC(=O)Cc1ccc(NC(=O)c2ccc(S(=O)(=O)N3CCCCC3)o2)cc1. The number of piperidine rings is 1. The summed E-state index contributed by atoms with van der Waals surface area (Å²) in [5.41, 5.74) is 1.13. The van der Waals surface area contributed by atoms with Crippen LogP contribution in [0.25, 0.3) is 0 Å². The molecule has 0 saturated carbocycles. The van der Waals surface area contributed by atoms with Crippen molar-refractivity contribution in [3.63, 3.8) is 0 Å². The highest BCUT2D eigenvalue weighted by Gasteiger charge is 2.29. The van der Waals surface area contributed by atoms with Gasteiger partial charge in [0.2, 0.25) is 11.0 Å². The van der Waals surface area contributed by atoms with E-state index in [0.717, 1.165) is 19.3 Å². The molecule has 2 heterocycles. The van der Waals surface area contributed by atoms with Crippen LogP contribution < -0.4 is 10.6 Å². The molecule has 0 atom stereocenters. The zero-order valence-electron chi connectivity index (χ0n) is 17.6. The van der Waals surface area contributed by atoms with E-state index >= 15 is 0 Å². The zero-order chi connectivity index (χ0) is 23.1. The largest absolute Gasteiger partial charge is 0.468 e. The van der Waals surface area contributed by atoms with Gasteiger partial charge in [-0.15, -0.1) is 0 Å². The first-order chi connectivity index (χ1) is 15.3. The molecule has 0 aliphatic carbocycles. The summed E-state index contributed by atoms with van der Waals surface area (Å²) in [5.74, 6) is -1.59. The number of benzene rings is 1. The van der Waals surface area contributed by atoms with Crippen molar-refractivity contribution in [1.29, 1.82) is 0 Å². The van der Waals surface area contributed by atoms with Crippen molar-refractivity contribution in [2.24, 2.45) is 0 Å². The second kappa shape index (κ2) is 10.4. The lowest BCUT2D eigenvalue weighted by atomic mass is 10.1. The van der Waals surface area contributed by atoms with Crippen molar-refractivity contribution in [2.45, 2.75) is 30.8 Å². The average molecular weight is 464 g/mol. The number of methoxy groups -OCH3 is 1. The molecule has 1 saturated heterocycles. The van der Waals surface area contributed by atoms with Crippen LogP contribution >= 0.6 is 0 Å². The van der Waals surface area contributed by atoms with Gasteiger partial charge in [-0.1, -0.05) is 18.6 Å². The Hall–Kier alpha value is -3.18. The number of hydrogen-bond donors (Lipinski definition) is 2. The maximum absolute atomic E-state index is 12.7. The van der Waals surface area contributed by atoms with E-state index in [1.54, 1.807) is 24.3 Å². The summed E-state index contributed by atoms with van der Waals surface area (Å²) in [6.07, 6.45) is 2.66. The van der Waals surface area contributed by atoms with E-state index in [2.05, 4.69) is 15.4 Å². The third-order valence-electron chi connectivity index (χ3n) is 4.95. The molecule has 0 radical (unpaired) electrons.